The van der Waals surface area contributed by atoms with Crippen molar-refractivity contribution in [3.05, 3.63) is 84.2 Å². The third kappa shape index (κ3) is 2.90. The number of halogens is 1. The van der Waals surface area contributed by atoms with E-state index < -0.39 is 0 Å². The summed E-state index contributed by atoms with van der Waals surface area (Å²) in [5.41, 5.74) is 4.84. The standard InChI is InChI=1S/C19H13FO/c20-19-11-9-18(10-12-19)17-7-5-16(6-8-17)15-3-1-14(13-21)2-4-15/h1-13H. The Balaban J connectivity index is 1.89. The predicted octanol–water partition coefficient (Wildman–Crippen LogP) is 4.97. The largest absolute Gasteiger partial charge is 0.298 e. The lowest BCUT2D eigenvalue weighted by molar-refractivity contribution is 0.112. The summed E-state index contributed by atoms with van der Waals surface area (Å²) < 4.78 is 12.9. The Bertz CT molecular complexity index is 741. The van der Waals surface area contributed by atoms with Gasteiger partial charge in [0.25, 0.3) is 0 Å². The highest BCUT2D eigenvalue weighted by Gasteiger charge is 2.01. The van der Waals surface area contributed by atoms with Crippen LogP contribution in [0.5, 0.6) is 0 Å². The van der Waals surface area contributed by atoms with Gasteiger partial charge in [0.15, 0.2) is 0 Å². The van der Waals surface area contributed by atoms with Gasteiger partial charge in [0.1, 0.15) is 12.1 Å². The Morgan fingerprint density at radius 1 is 0.571 bits per heavy atom. The SMILES string of the molecule is O=Cc1ccc(-c2ccc(-c3ccc(F)cc3)cc2)cc1. The maximum atomic E-state index is 12.9. The molecule has 3 aromatic carbocycles. The summed E-state index contributed by atoms with van der Waals surface area (Å²) in [6.07, 6.45) is 0.835. The monoisotopic (exact) mass is 276 g/mol. The summed E-state index contributed by atoms with van der Waals surface area (Å²) in [5, 5.41) is 0. The summed E-state index contributed by atoms with van der Waals surface area (Å²) >= 11 is 0. The van der Waals surface area contributed by atoms with E-state index in [1.54, 1.807) is 24.3 Å². The van der Waals surface area contributed by atoms with Gasteiger partial charge in [0.05, 0.1) is 0 Å². The Morgan fingerprint density at radius 3 is 1.29 bits per heavy atom. The van der Waals surface area contributed by atoms with E-state index in [9.17, 15) is 9.18 Å². The number of benzene rings is 3. The van der Waals surface area contributed by atoms with Crippen molar-refractivity contribution in [1.29, 1.82) is 0 Å². The lowest BCUT2D eigenvalue weighted by Crippen LogP contribution is -1.83. The first-order valence-corrected chi connectivity index (χ1v) is 6.68. The number of carbonyl (C=O) groups is 1. The predicted molar refractivity (Wildman–Crippen MR) is 82.7 cm³/mol. The van der Waals surface area contributed by atoms with Crippen LogP contribution in [0.4, 0.5) is 4.39 Å². The van der Waals surface area contributed by atoms with E-state index in [2.05, 4.69) is 0 Å². The molecule has 0 aliphatic carbocycles. The molecule has 0 bridgehead atoms. The van der Waals surface area contributed by atoms with Crippen molar-refractivity contribution in [3.63, 3.8) is 0 Å². The van der Waals surface area contributed by atoms with Crippen molar-refractivity contribution in [1.82, 2.24) is 0 Å². The summed E-state index contributed by atoms with van der Waals surface area (Å²) in [7, 11) is 0. The van der Waals surface area contributed by atoms with Crippen molar-refractivity contribution < 1.29 is 9.18 Å². The van der Waals surface area contributed by atoms with Crippen molar-refractivity contribution in [3.8, 4) is 22.3 Å². The number of hydrogen-bond acceptors (Lipinski definition) is 1. The molecular formula is C19H13FO. The first kappa shape index (κ1) is 13.3. The molecule has 0 heterocycles. The van der Waals surface area contributed by atoms with E-state index in [4.69, 9.17) is 0 Å². The average molecular weight is 276 g/mol. The molecule has 21 heavy (non-hydrogen) atoms. The molecular weight excluding hydrogens is 263 g/mol. The fraction of sp³-hybridized carbons (Fsp3) is 0. The molecule has 0 unspecified atom stereocenters. The van der Waals surface area contributed by atoms with Crippen LogP contribution < -0.4 is 0 Å². The van der Waals surface area contributed by atoms with Crippen LogP contribution in [0.15, 0.2) is 72.8 Å². The van der Waals surface area contributed by atoms with Gasteiger partial charge in [-0.25, -0.2) is 4.39 Å². The number of carbonyl (C=O) groups excluding carboxylic acids is 1. The van der Waals surface area contributed by atoms with Crippen molar-refractivity contribution in [2.45, 2.75) is 0 Å². The molecule has 0 N–H and O–H groups in total. The summed E-state index contributed by atoms with van der Waals surface area (Å²) in [4.78, 5) is 10.7. The van der Waals surface area contributed by atoms with E-state index in [0.29, 0.717) is 5.56 Å². The lowest BCUT2D eigenvalue weighted by atomic mass is 10.00. The van der Waals surface area contributed by atoms with Gasteiger partial charge < -0.3 is 0 Å². The van der Waals surface area contributed by atoms with E-state index in [1.165, 1.54) is 12.1 Å². The second-order valence-electron chi connectivity index (χ2n) is 4.82. The Hall–Kier alpha value is -2.74. The van der Waals surface area contributed by atoms with Gasteiger partial charge >= 0.3 is 0 Å². The highest BCUT2D eigenvalue weighted by Crippen LogP contribution is 2.25. The second-order valence-corrected chi connectivity index (χ2v) is 4.82. The zero-order valence-corrected chi connectivity index (χ0v) is 11.3. The first-order chi connectivity index (χ1) is 10.3. The fourth-order valence-corrected chi connectivity index (χ4v) is 2.25. The van der Waals surface area contributed by atoms with E-state index in [1.807, 2.05) is 36.4 Å². The quantitative estimate of drug-likeness (QED) is 0.617. The highest BCUT2D eigenvalue weighted by atomic mass is 19.1. The number of hydrogen-bond donors (Lipinski definition) is 0. The highest BCUT2D eigenvalue weighted by molar-refractivity contribution is 5.77. The van der Waals surface area contributed by atoms with Crippen LogP contribution in [0.1, 0.15) is 10.4 Å². The molecule has 102 valence electrons. The Kier molecular flexibility index (Phi) is 3.61. The van der Waals surface area contributed by atoms with Crippen LogP contribution in [0.25, 0.3) is 22.3 Å². The van der Waals surface area contributed by atoms with Crippen LogP contribution in [-0.4, -0.2) is 6.29 Å². The summed E-state index contributed by atoms with van der Waals surface area (Å²) in [5.74, 6) is -0.231. The van der Waals surface area contributed by atoms with Crippen LogP contribution in [0.3, 0.4) is 0 Å². The van der Waals surface area contributed by atoms with Gasteiger partial charge in [-0.15, -0.1) is 0 Å². The van der Waals surface area contributed by atoms with Gasteiger partial charge in [-0.3, -0.25) is 4.79 Å². The fourth-order valence-electron chi connectivity index (χ4n) is 2.25. The third-order valence-corrected chi connectivity index (χ3v) is 3.44. The Labute approximate surface area is 122 Å². The van der Waals surface area contributed by atoms with E-state index in [0.717, 1.165) is 28.5 Å². The van der Waals surface area contributed by atoms with Gasteiger partial charge in [-0.2, -0.15) is 0 Å². The minimum atomic E-state index is -0.231. The summed E-state index contributed by atoms with van der Waals surface area (Å²) in [6.45, 7) is 0. The smallest absolute Gasteiger partial charge is 0.150 e. The number of aldehydes is 1. The molecule has 0 saturated heterocycles. The molecule has 3 rings (SSSR count). The zero-order chi connectivity index (χ0) is 14.7. The molecule has 0 saturated carbocycles. The zero-order valence-electron chi connectivity index (χ0n) is 11.3. The molecule has 0 fully saturated rings. The molecule has 0 radical (unpaired) electrons. The maximum absolute atomic E-state index is 12.9. The molecule has 0 aliphatic heterocycles. The molecule has 0 spiro atoms. The Morgan fingerprint density at radius 2 is 0.905 bits per heavy atom. The molecule has 0 amide bonds. The maximum Gasteiger partial charge on any atom is 0.150 e. The molecule has 0 atom stereocenters. The minimum absolute atomic E-state index is 0.231. The first-order valence-electron chi connectivity index (χ1n) is 6.68. The van der Waals surface area contributed by atoms with Crippen LogP contribution in [0.2, 0.25) is 0 Å². The van der Waals surface area contributed by atoms with Crippen molar-refractivity contribution in [2.75, 3.05) is 0 Å². The van der Waals surface area contributed by atoms with Gasteiger partial charge in [-0.1, -0.05) is 60.7 Å². The molecule has 0 aromatic heterocycles. The minimum Gasteiger partial charge on any atom is -0.298 e. The van der Waals surface area contributed by atoms with Crippen LogP contribution in [-0.2, 0) is 0 Å². The average Bonchev–Trinajstić information content (AvgIpc) is 2.56. The van der Waals surface area contributed by atoms with E-state index >= 15 is 0 Å². The molecule has 1 nitrogen and oxygen atoms in total. The van der Waals surface area contributed by atoms with Gasteiger partial charge in [0.2, 0.25) is 0 Å². The third-order valence-electron chi connectivity index (χ3n) is 3.44. The molecule has 0 aliphatic rings. The van der Waals surface area contributed by atoms with Crippen molar-refractivity contribution >= 4 is 6.29 Å². The molecule has 2 heteroatoms. The van der Waals surface area contributed by atoms with Gasteiger partial charge in [0, 0.05) is 5.56 Å². The van der Waals surface area contributed by atoms with Crippen LogP contribution >= 0.6 is 0 Å². The van der Waals surface area contributed by atoms with E-state index in [-0.39, 0.29) is 5.82 Å². The number of rotatable bonds is 3. The van der Waals surface area contributed by atoms with Crippen molar-refractivity contribution in [2.24, 2.45) is 0 Å². The summed E-state index contributed by atoms with van der Waals surface area (Å²) in [6, 6.07) is 22.0. The second kappa shape index (κ2) is 5.71. The van der Waals surface area contributed by atoms with Crippen LogP contribution in [0, 0.1) is 5.82 Å². The normalized spacial score (nSPS) is 10.3. The van der Waals surface area contributed by atoms with Gasteiger partial charge in [-0.05, 0) is 34.4 Å². The topological polar surface area (TPSA) is 17.1 Å². The lowest BCUT2D eigenvalue weighted by Gasteiger charge is -2.05. The molecule has 3 aromatic rings.